The van der Waals surface area contributed by atoms with Crippen molar-refractivity contribution in [3.8, 4) is 0 Å². The van der Waals surface area contributed by atoms with Gasteiger partial charge in [0.05, 0.1) is 5.52 Å². The SMILES string of the molecule is Cn1c(=O)oc2ccc(CNC(C)(C)CN)cc21. The largest absolute Gasteiger partial charge is 0.419 e. The predicted molar refractivity (Wildman–Crippen MR) is 71.4 cm³/mol. The van der Waals surface area contributed by atoms with Crippen molar-refractivity contribution >= 4 is 11.1 Å². The first-order chi connectivity index (χ1) is 8.43. The van der Waals surface area contributed by atoms with Gasteiger partial charge in [-0.3, -0.25) is 4.57 Å². The van der Waals surface area contributed by atoms with Gasteiger partial charge in [-0.25, -0.2) is 4.79 Å². The fraction of sp³-hybridized carbons (Fsp3) is 0.462. The number of aromatic nitrogens is 1. The molecule has 3 N–H and O–H groups in total. The van der Waals surface area contributed by atoms with E-state index >= 15 is 0 Å². The fourth-order valence-corrected chi connectivity index (χ4v) is 1.70. The Morgan fingerprint density at radius 1 is 1.44 bits per heavy atom. The highest BCUT2D eigenvalue weighted by Crippen LogP contribution is 2.14. The van der Waals surface area contributed by atoms with Crippen molar-refractivity contribution in [1.82, 2.24) is 9.88 Å². The van der Waals surface area contributed by atoms with Crippen molar-refractivity contribution in [2.45, 2.75) is 25.9 Å². The Bertz CT molecular complexity index is 610. The molecule has 0 amide bonds. The van der Waals surface area contributed by atoms with Crippen LogP contribution in [0.25, 0.3) is 11.1 Å². The van der Waals surface area contributed by atoms with Crippen LogP contribution in [-0.2, 0) is 13.6 Å². The lowest BCUT2D eigenvalue weighted by molar-refractivity contribution is 0.397. The molecule has 18 heavy (non-hydrogen) atoms. The van der Waals surface area contributed by atoms with Gasteiger partial charge in [0.25, 0.3) is 0 Å². The summed E-state index contributed by atoms with van der Waals surface area (Å²) in [5.74, 6) is -0.336. The molecule has 0 atom stereocenters. The second-order valence-electron chi connectivity index (χ2n) is 5.17. The molecule has 0 fully saturated rings. The summed E-state index contributed by atoms with van der Waals surface area (Å²) in [5, 5.41) is 3.37. The number of nitrogens with zero attached hydrogens (tertiary/aromatic N) is 1. The van der Waals surface area contributed by atoms with Crippen LogP contribution in [0, 0.1) is 0 Å². The van der Waals surface area contributed by atoms with Crippen LogP contribution >= 0.6 is 0 Å². The van der Waals surface area contributed by atoms with E-state index in [1.165, 1.54) is 4.57 Å². The molecule has 0 bridgehead atoms. The van der Waals surface area contributed by atoms with Gasteiger partial charge in [-0.1, -0.05) is 6.07 Å². The van der Waals surface area contributed by atoms with Gasteiger partial charge in [-0.15, -0.1) is 0 Å². The van der Waals surface area contributed by atoms with Gasteiger partial charge >= 0.3 is 5.76 Å². The Kier molecular flexibility index (Phi) is 3.28. The molecule has 0 radical (unpaired) electrons. The summed E-state index contributed by atoms with van der Waals surface area (Å²) in [6.07, 6.45) is 0. The van der Waals surface area contributed by atoms with E-state index in [2.05, 4.69) is 19.2 Å². The summed E-state index contributed by atoms with van der Waals surface area (Å²) in [7, 11) is 1.70. The summed E-state index contributed by atoms with van der Waals surface area (Å²) >= 11 is 0. The third-order valence-electron chi connectivity index (χ3n) is 3.14. The van der Waals surface area contributed by atoms with Crippen molar-refractivity contribution in [3.05, 3.63) is 34.3 Å². The van der Waals surface area contributed by atoms with Gasteiger partial charge in [0.15, 0.2) is 5.58 Å². The number of fused-ring (bicyclic) bond motifs is 1. The number of nitrogens with two attached hydrogens (primary N) is 1. The normalized spacial score (nSPS) is 12.2. The molecule has 0 unspecified atom stereocenters. The Labute approximate surface area is 106 Å². The number of rotatable bonds is 4. The molecule has 0 aliphatic rings. The first-order valence-electron chi connectivity index (χ1n) is 5.96. The van der Waals surface area contributed by atoms with E-state index in [-0.39, 0.29) is 11.3 Å². The van der Waals surface area contributed by atoms with Crippen LogP contribution in [0.15, 0.2) is 27.4 Å². The number of benzene rings is 1. The molecule has 2 rings (SSSR count). The van der Waals surface area contributed by atoms with Gasteiger partial charge in [-0.2, -0.15) is 0 Å². The molecule has 0 saturated heterocycles. The van der Waals surface area contributed by atoms with Crippen LogP contribution in [0.4, 0.5) is 0 Å². The van der Waals surface area contributed by atoms with Gasteiger partial charge < -0.3 is 15.5 Å². The molecule has 0 spiro atoms. The lowest BCUT2D eigenvalue weighted by atomic mass is 10.1. The molecule has 5 heteroatoms. The minimum absolute atomic E-state index is 0.1000. The molecule has 5 nitrogen and oxygen atoms in total. The summed E-state index contributed by atoms with van der Waals surface area (Å²) in [4.78, 5) is 11.4. The van der Waals surface area contributed by atoms with Gasteiger partial charge in [0, 0.05) is 25.7 Å². The van der Waals surface area contributed by atoms with Crippen molar-refractivity contribution in [2.75, 3.05) is 6.54 Å². The third-order valence-corrected chi connectivity index (χ3v) is 3.14. The Morgan fingerprint density at radius 3 is 2.83 bits per heavy atom. The molecule has 1 aromatic heterocycles. The van der Waals surface area contributed by atoms with E-state index in [4.69, 9.17) is 10.2 Å². The first kappa shape index (κ1) is 12.9. The fourth-order valence-electron chi connectivity index (χ4n) is 1.70. The molecule has 0 saturated carbocycles. The number of hydrogen-bond donors (Lipinski definition) is 2. The van der Waals surface area contributed by atoms with Gasteiger partial charge in [0.1, 0.15) is 0 Å². The van der Waals surface area contributed by atoms with E-state index in [1.807, 2.05) is 18.2 Å². The maximum absolute atomic E-state index is 11.4. The topological polar surface area (TPSA) is 73.2 Å². The molecule has 1 heterocycles. The summed E-state index contributed by atoms with van der Waals surface area (Å²) in [6.45, 7) is 5.39. The first-order valence-corrected chi connectivity index (χ1v) is 5.96. The van der Waals surface area contributed by atoms with E-state index in [1.54, 1.807) is 7.05 Å². The highest BCUT2D eigenvalue weighted by molar-refractivity contribution is 5.73. The number of hydrogen-bond acceptors (Lipinski definition) is 4. The van der Waals surface area contributed by atoms with E-state index in [0.29, 0.717) is 18.7 Å². The highest BCUT2D eigenvalue weighted by Gasteiger charge is 2.14. The van der Waals surface area contributed by atoms with Gasteiger partial charge in [0.2, 0.25) is 0 Å². The van der Waals surface area contributed by atoms with Crippen LogP contribution in [-0.4, -0.2) is 16.7 Å². The average molecular weight is 249 g/mol. The molecular weight excluding hydrogens is 230 g/mol. The quantitative estimate of drug-likeness (QED) is 0.846. The number of aryl methyl sites for hydroxylation is 1. The molecule has 98 valence electrons. The molecule has 2 aromatic rings. The van der Waals surface area contributed by atoms with Crippen molar-refractivity contribution in [3.63, 3.8) is 0 Å². The van der Waals surface area contributed by atoms with Crippen LogP contribution in [0.2, 0.25) is 0 Å². The maximum atomic E-state index is 11.4. The minimum atomic E-state index is -0.336. The highest BCUT2D eigenvalue weighted by atomic mass is 16.4. The minimum Gasteiger partial charge on any atom is -0.408 e. The van der Waals surface area contributed by atoms with Gasteiger partial charge in [-0.05, 0) is 31.5 Å². The van der Waals surface area contributed by atoms with Crippen molar-refractivity contribution in [1.29, 1.82) is 0 Å². The zero-order valence-electron chi connectivity index (χ0n) is 11.0. The van der Waals surface area contributed by atoms with E-state index in [9.17, 15) is 4.79 Å². The number of oxazole rings is 1. The Morgan fingerprint density at radius 2 is 2.17 bits per heavy atom. The lowest BCUT2D eigenvalue weighted by Gasteiger charge is -2.24. The standard InChI is InChI=1S/C13H19N3O2/c1-13(2,8-14)15-7-9-4-5-11-10(6-9)16(3)12(17)18-11/h4-6,15H,7-8,14H2,1-3H3. The van der Waals surface area contributed by atoms with E-state index in [0.717, 1.165) is 11.1 Å². The summed E-state index contributed by atoms with van der Waals surface area (Å²) in [5.41, 5.74) is 8.09. The molecule has 1 aromatic carbocycles. The Hall–Kier alpha value is -1.59. The number of nitrogens with one attached hydrogen (secondary N) is 1. The Balaban J connectivity index is 2.25. The van der Waals surface area contributed by atoms with Crippen LogP contribution < -0.4 is 16.8 Å². The predicted octanol–water partition coefficient (Wildman–Crippen LogP) is 0.958. The summed E-state index contributed by atoms with van der Waals surface area (Å²) in [6, 6.07) is 5.73. The lowest BCUT2D eigenvalue weighted by Crippen LogP contribution is -2.45. The smallest absolute Gasteiger partial charge is 0.408 e. The van der Waals surface area contributed by atoms with Crippen LogP contribution in [0.1, 0.15) is 19.4 Å². The van der Waals surface area contributed by atoms with E-state index < -0.39 is 0 Å². The summed E-state index contributed by atoms with van der Waals surface area (Å²) < 4.78 is 6.59. The molecular formula is C13H19N3O2. The van der Waals surface area contributed by atoms with Crippen LogP contribution in [0.3, 0.4) is 0 Å². The van der Waals surface area contributed by atoms with Crippen molar-refractivity contribution in [2.24, 2.45) is 12.8 Å². The van der Waals surface area contributed by atoms with Crippen molar-refractivity contribution < 1.29 is 4.42 Å². The monoisotopic (exact) mass is 249 g/mol. The zero-order chi connectivity index (χ0) is 13.3. The average Bonchev–Trinajstić information content (AvgIpc) is 2.63. The maximum Gasteiger partial charge on any atom is 0.419 e. The second kappa shape index (κ2) is 4.59. The zero-order valence-corrected chi connectivity index (χ0v) is 11.0. The second-order valence-corrected chi connectivity index (χ2v) is 5.17. The molecule has 0 aliphatic heterocycles. The molecule has 0 aliphatic carbocycles. The third kappa shape index (κ3) is 2.47. The van der Waals surface area contributed by atoms with Crippen LogP contribution in [0.5, 0.6) is 0 Å².